The van der Waals surface area contributed by atoms with Crippen LogP contribution in [0.5, 0.6) is 0 Å². The summed E-state index contributed by atoms with van der Waals surface area (Å²) in [6, 6.07) is 15.5. The lowest BCUT2D eigenvalue weighted by Crippen LogP contribution is -2.34. The van der Waals surface area contributed by atoms with Gasteiger partial charge in [0.15, 0.2) is 0 Å². The van der Waals surface area contributed by atoms with Gasteiger partial charge in [0.2, 0.25) is 11.8 Å². The molecular formula is C25H32N4O3. The summed E-state index contributed by atoms with van der Waals surface area (Å²) in [6.45, 7) is 2.84. The summed E-state index contributed by atoms with van der Waals surface area (Å²) in [5.74, 6) is -0.484. The third-order valence-corrected chi connectivity index (χ3v) is 5.95. The van der Waals surface area contributed by atoms with Gasteiger partial charge in [0.1, 0.15) is 0 Å². The number of hydrogen-bond acceptors (Lipinski definition) is 4. The second-order valence-corrected chi connectivity index (χ2v) is 8.75. The Morgan fingerprint density at radius 2 is 1.56 bits per heavy atom. The number of likely N-dealkylation sites (tertiary alicyclic amines) is 1. The van der Waals surface area contributed by atoms with Crippen molar-refractivity contribution in [3.63, 3.8) is 0 Å². The van der Waals surface area contributed by atoms with Gasteiger partial charge in [-0.15, -0.1) is 0 Å². The molecule has 0 unspecified atom stereocenters. The maximum atomic E-state index is 13.2. The van der Waals surface area contributed by atoms with Crippen molar-refractivity contribution in [2.45, 2.75) is 19.4 Å². The van der Waals surface area contributed by atoms with Crippen molar-refractivity contribution in [1.82, 2.24) is 15.1 Å². The molecule has 3 amide bonds. The zero-order valence-electron chi connectivity index (χ0n) is 19.5. The molecule has 1 heterocycles. The Kier molecular flexibility index (Phi) is 7.18. The van der Waals surface area contributed by atoms with Gasteiger partial charge in [-0.1, -0.05) is 24.3 Å². The van der Waals surface area contributed by atoms with Crippen molar-refractivity contribution in [3.8, 4) is 0 Å². The lowest BCUT2D eigenvalue weighted by Gasteiger charge is -2.21. The van der Waals surface area contributed by atoms with Crippen molar-refractivity contribution < 1.29 is 14.4 Å². The standard InChI is InChI=1S/C25H32N4O3/c1-17(30)26-14-18-6-8-19(9-7-18)22-15-29(16-23(22)25(32)28(4)5)24(31)20-10-12-21(13-11-20)27(2)3/h6-13,22-23H,14-16H2,1-5H3,(H,26,30)/t22-,23+/m1/s1. The highest BCUT2D eigenvalue weighted by atomic mass is 16.2. The highest BCUT2D eigenvalue weighted by molar-refractivity contribution is 5.95. The van der Waals surface area contributed by atoms with Crippen LogP contribution in [0.4, 0.5) is 5.69 Å². The Morgan fingerprint density at radius 1 is 0.938 bits per heavy atom. The molecule has 32 heavy (non-hydrogen) atoms. The van der Waals surface area contributed by atoms with Gasteiger partial charge in [-0.3, -0.25) is 14.4 Å². The largest absolute Gasteiger partial charge is 0.378 e. The molecule has 0 radical (unpaired) electrons. The van der Waals surface area contributed by atoms with Crippen LogP contribution in [0.2, 0.25) is 0 Å². The lowest BCUT2D eigenvalue weighted by molar-refractivity contribution is -0.132. The van der Waals surface area contributed by atoms with Crippen LogP contribution in [0, 0.1) is 5.92 Å². The number of nitrogens with zero attached hydrogens (tertiary/aromatic N) is 3. The first-order chi connectivity index (χ1) is 15.2. The molecule has 0 spiro atoms. The molecule has 0 bridgehead atoms. The molecule has 2 aromatic rings. The zero-order chi connectivity index (χ0) is 23.4. The SMILES string of the molecule is CC(=O)NCc1ccc([C@H]2CN(C(=O)c3ccc(N(C)C)cc3)C[C@@H]2C(=O)N(C)C)cc1. The van der Waals surface area contributed by atoms with Crippen LogP contribution >= 0.6 is 0 Å². The third kappa shape index (κ3) is 5.28. The Labute approximate surface area is 190 Å². The number of nitrogens with one attached hydrogen (secondary N) is 1. The Balaban J connectivity index is 1.81. The van der Waals surface area contributed by atoms with E-state index >= 15 is 0 Å². The zero-order valence-corrected chi connectivity index (χ0v) is 19.5. The third-order valence-electron chi connectivity index (χ3n) is 5.95. The van der Waals surface area contributed by atoms with Gasteiger partial charge in [-0.25, -0.2) is 0 Å². The van der Waals surface area contributed by atoms with E-state index in [-0.39, 0.29) is 29.6 Å². The normalized spacial score (nSPS) is 17.7. The summed E-state index contributed by atoms with van der Waals surface area (Å²) in [5.41, 5.74) is 3.67. The summed E-state index contributed by atoms with van der Waals surface area (Å²) >= 11 is 0. The highest BCUT2D eigenvalue weighted by Crippen LogP contribution is 2.35. The molecule has 2 aromatic carbocycles. The summed E-state index contributed by atoms with van der Waals surface area (Å²) in [5, 5.41) is 2.79. The number of rotatable bonds is 6. The van der Waals surface area contributed by atoms with Crippen LogP contribution in [-0.2, 0) is 16.1 Å². The number of anilines is 1. The summed E-state index contributed by atoms with van der Waals surface area (Å²) in [7, 11) is 7.42. The van der Waals surface area contributed by atoms with Crippen LogP contribution in [0.15, 0.2) is 48.5 Å². The molecule has 1 fully saturated rings. The molecule has 1 N–H and O–H groups in total. The average molecular weight is 437 g/mol. The van der Waals surface area contributed by atoms with Gasteiger partial charge in [-0.05, 0) is 35.4 Å². The number of hydrogen-bond donors (Lipinski definition) is 1. The van der Waals surface area contributed by atoms with Gasteiger partial charge in [0, 0.05) is 71.9 Å². The number of carbonyl (C=O) groups excluding carboxylic acids is 3. The van der Waals surface area contributed by atoms with Gasteiger partial charge in [-0.2, -0.15) is 0 Å². The first-order valence-corrected chi connectivity index (χ1v) is 10.8. The molecule has 0 aromatic heterocycles. The van der Waals surface area contributed by atoms with E-state index in [4.69, 9.17) is 0 Å². The smallest absolute Gasteiger partial charge is 0.253 e. The number of benzene rings is 2. The molecule has 1 aliphatic heterocycles. The fourth-order valence-electron chi connectivity index (χ4n) is 4.08. The van der Waals surface area contributed by atoms with E-state index in [0.29, 0.717) is 25.2 Å². The number of amides is 3. The Morgan fingerprint density at radius 3 is 2.09 bits per heavy atom. The summed E-state index contributed by atoms with van der Waals surface area (Å²) in [4.78, 5) is 42.6. The predicted octanol–water partition coefficient (Wildman–Crippen LogP) is 2.33. The maximum Gasteiger partial charge on any atom is 0.253 e. The van der Waals surface area contributed by atoms with Gasteiger partial charge < -0.3 is 20.0 Å². The molecule has 0 aliphatic carbocycles. The van der Waals surface area contributed by atoms with Crippen molar-refractivity contribution in [3.05, 3.63) is 65.2 Å². The highest BCUT2D eigenvalue weighted by Gasteiger charge is 2.41. The van der Waals surface area contributed by atoms with E-state index in [1.54, 1.807) is 23.9 Å². The molecule has 7 heteroatoms. The lowest BCUT2D eigenvalue weighted by atomic mass is 9.87. The van der Waals surface area contributed by atoms with Crippen molar-refractivity contribution >= 4 is 23.4 Å². The summed E-state index contributed by atoms with van der Waals surface area (Å²) < 4.78 is 0. The molecule has 3 rings (SSSR count). The van der Waals surface area contributed by atoms with Gasteiger partial charge in [0.05, 0.1) is 5.92 Å². The Bertz CT molecular complexity index is 968. The van der Waals surface area contributed by atoms with Crippen molar-refractivity contribution in [2.24, 2.45) is 5.92 Å². The molecule has 2 atom stereocenters. The topological polar surface area (TPSA) is 73.0 Å². The molecule has 0 saturated carbocycles. The first-order valence-electron chi connectivity index (χ1n) is 10.8. The van der Waals surface area contributed by atoms with Crippen LogP contribution in [0.3, 0.4) is 0 Å². The van der Waals surface area contributed by atoms with E-state index in [0.717, 1.165) is 16.8 Å². The van der Waals surface area contributed by atoms with E-state index in [1.807, 2.05) is 67.5 Å². The fourth-order valence-corrected chi connectivity index (χ4v) is 4.08. The molecule has 170 valence electrons. The average Bonchev–Trinajstić information content (AvgIpc) is 3.22. The van der Waals surface area contributed by atoms with Gasteiger partial charge >= 0.3 is 0 Å². The molecular weight excluding hydrogens is 404 g/mol. The summed E-state index contributed by atoms with van der Waals surface area (Å²) in [6.07, 6.45) is 0. The van der Waals surface area contributed by atoms with E-state index in [2.05, 4.69) is 5.32 Å². The Hall–Kier alpha value is -3.35. The van der Waals surface area contributed by atoms with Crippen molar-refractivity contribution in [1.29, 1.82) is 0 Å². The van der Waals surface area contributed by atoms with Crippen molar-refractivity contribution in [2.75, 3.05) is 46.2 Å². The van der Waals surface area contributed by atoms with Crippen LogP contribution in [0.25, 0.3) is 0 Å². The monoisotopic (exact) mass is 436 g/mol. The first kappa shape index (κ1) is 23.3. The van der Waals surface area contributed by atoms with E-state index < -0.39 is 0 Å². The van der Waals surface area contributed by atoms with Crippen LogP contribution in [0.1, 0.15) is 34.3 Å². The van der Waals surface area contributed by atoms with E-state index in [1.165, 1.54) is 6.92 Å². The van der Waals surface area contributed by atoms with E-state index in [9.17, 15) is 14.4 Å². The van der Waals surface area contributed by atoms with Crippen LogP contribution in [-0.4, -0.2) is 68.8 Å². The number of carbonyl (C=O) groups is 3. The second kappa shape index (κ2) is 9.85. The minimum atomic E-state index is -0.295. The molecule has 7 nitrogen and oxygen atoms in total. The molecule has 1 saturated heterocycles. The minimum absolute atomic E-state index is 0.0237. The second-order valence-electron chi connectivity index (χ2n) is 8.75. The maximum absolute atomic E-state index is 13.2. The fraction of sp³-hybridized carbons (Fsp3) is 0.400. The van der Waals surface area contributed by atoms with Crippen LogP contribution < -0.4 is 10.2 Å². The predicted molar refractivity (Wildman–Crippen MR) is 126 cm³/mol. The quantitative estimate of drug-likeness (QED) is 0.754. The minimum Gasteiger partial charge on any atom is -0.378 e. The molecule has 1 aliphatic rings. The van der Waals surface area contributed by atoms with Gasteiger partial charge in [0.25, 0.3) is 5.91 Å².